The van der Waals surface area contributed by atoms with Gasteiger partial charge < -0.3 is 19.5 Å². The Labute approximate surface area is 174 Å². The van der Waals surface area contributed by atoms with Crippen LogP contribution in [0.2, 0.25) is 0 Å². The highest BCUT2D eigenvalue weighted by atomic mass is 16.3. The molecule has 4 aromatic rings. The fourth-order valence-corrected chi connectivity index (χ4v) is 3.34. The van der Waals surface area contributed by atoms with Gasteiger partial charge in [-0.05, 0) is 55.9 Å². The van der Waals surface area contributed by atoms with E-state index in [0.29, 0.717) is 17.0 Å². The highest BCUT2D eigenvalue weighted by molar-refractivity contribution is 5.73. The number of phenolic OH excluding ortho intramolecular Hbond substituents is 2. The first-order chi connectivity index (χ1) is 14.4. The van der Waals surface area contributed by atoms with Crippen molar-refractivity contribution in [3.63, 3.8) is 0 Å². The summed E-state index contributed by atoms with van der Waals surface area (Å²) in [6.45, 7) is 2.94. The molecule has 0 spiro atoms. The number of likely N-dealkylation sites (N-methyl/N-ethyl adjacent to an activating group) is 1. The van der Waals surface area contributed by atoms with Gasteiger partial charge in [0.15, 0.2) is 23.1 Å². The minimum atomic E-state index is -0.533. The minimum absolute atomic E-state index is 0.187. The van der Waals surface area contributed by atoms with Crippen molar-refractivity contribution in [3.05, 3.63) is 65.3 Å². The number of hydrogen-bond donors (Lipinski definition) is 2. The lowest BCUT2D eigenvalue weighted by molar-refractivity contribution is 0.399. The van der Waals surface area contributed by atoms with E-state index in [1.807, 2.05) is 38.5 Å². The van der Waals surface area contributed by atoms with E-state index in [1.165, 1.54) is 12.1 Å². The predicted octanol–water partition coefficient (Wildman–Crippen LogP) is 3.13. The minimum Gasteiger partial charge on any atom is -0.504 e. The van der Waals surface area contributed by atoms with Gasteiger partial charge in [0.2, 0.25) is 5.89 Å². The average molecular weight is 407 g/mol. The molecule has 8 nitrogen and oxygen atoms in total. The van der Waals surface area contributed by atoms with Gasteiger partial charge in [-0.3, -0.25) is 0 Å². The largest absolute Gasteiger partial charge is 0.504 e. The van der Waals surface area contributed by atoms with E-state index in [4.69, 9.17) is 4.42 Å². The van der Waals surface area contributed by atoms with E-state index in [9.17, 15) is 10.2 Å². The monoisotopic (exact) mass is 407 g/mol. The van der Waals surface area contributed by atoms with Crippen LogP contribution < -0.4 is 0 Å². The normalized spacial score (nSPS) is 12.7. The molecule has 2 aromatic carbocycles. The maximum Gasteiger partial charge on any atom is 0.225 e. The summed E-state index contributed by atoms with van der Waals surface area (Å²) < 4.78 is 7.79. The van der Waals surface area contributed by atoms with Crippen molar-refractivity contribution >= 4 is 11.1 Å². The van der Waals surface area contributed by atoms with E-state index < -0.39 is 6.04 Å². The van der Waals surface area contributed by atoms with Crippen LogP contribution >= 0.6 is 0 Å². The van der Waals surface area contributed by atoms with Crippen LogP contribution in [0.15, 0.2) is 47.0 Å². The summed E-state index contributed by atoms with van der Waals surface area (Å²) in [6.07, 6.45) is 3.53. The number of hydrogen-bond acceptors (Lipinski definition) is 7. The second-order valence-corrected chi connectivity index (χ2v) is 7.60. The number of aryl methyl sites for hydroxylation is 1. The molecule has 0 aliphatic rings. The molecule has 0 fully saturated rings. The van der Waals surface area contributed by atoms with Crippen molar-refractivity contribution in [1.82, 2.24) is 24.9 Å². The summed E-state index contributed by atoms with van der Waals surface area (Å²) in [6, 6.07) is 10.1. The smallest absolute Gasteiger partial charge is 0.225 e. The SMILES string of the molecule is CCc1ccc2nc(C(c3ccc(O)c(O)c3)n3cc(CCN(C)C)nn3)oc2c1. The molecule has 1 atom stereocenters. The van der Waals surface area contributed by atoms with Crippen LogP contribution in [0.5, 0.6) is 11.5 Å². The first-order valence-electron chi connectivity index (χ1n) is 9.91. The molecule has 0 saturated carbocycles. The van der Waals surface area contributed by atoms with Crippen LogP contribution in [0.1, 0.15) is 35.7 Å². The van der Waals surface area contributed by atoms with Crippen LogP contribution in [-0.4, -0.2) is 55.7 Å². The highest BCUT2D eigenvalue weighted by Crippen LogP contribution is 2.33. The Hall–Kier alpha value is -3.39. The molecule has 0 radical (unpaired) electrons. The Kier molecular flexibility index (Phi) is 5.41. The van der Waals surface area contributed by atoms with Gasteiger partial charge in [-0.1, -0.05) is 24.3 Å². The Bertz CT molecular complexity index is 1160. The Morgan fingerprint density at radius 1 is 1.10 bits per heavy atom. The zero-order chi connectivity index (χ0) is 21.3. The van der Waals surface area contributed by atoms with Gasteiger partial charge in [0, 0.05) is 19.2 Å². The third-order valence-corrected chi connectivity index (χ3v) is 5.06. The van der Waals surface area contributed by atoms with E-state index in [2.05, 4.69) is 27.1 Å². The van der Waals surface area contributed by atoms with E-state index in [0.717, 1.165) is 36.2 Å². The fraction of sp³-hybridized carbons (Fsp3) is 0.318. The first-order valence-corrected chi connectivity index (χ1v) is 9.91. The fourth-order valence-electron chi connectivity index (χ4n) is 3.34. The summed E-state index contributed by atoms with van der Waals surface area (Å²) in [4.78, 5) is 6.75. The lowest BCUT2D eigenvalue weighted by atomic mass is 10.1. The standard InChI is InChI=1S/C22H25N5O3/c1-4-14-5-7-17-20(11-14)30-22(23-17)21(15-6-8-18(28)19(29)12-15)27-13-16(24-25-27)9-10-26(2)3/h5-8,11-13,21,28-29H,4,9-10H2,1-3H3. The summed E-state index contributed by atoms with van der Waals surface area (Å²) in [5.74, 6) is 0.0372. The van der Waals surface area contributed by atoms with Crippen LogP contribution in [0.25, 0.3) is 11.1 Å². The average Bonchev–Trinajstić information content (AvgIpc) is 3.35. The summed E-state index contributed by atoms with van der Waals surface area (Å²) in [5.41, 5.74) is 4.14. The maximum absolute atomic E-state index is 10.0. The van der Waals surface area contributed by atoms with Crippen LogP contribution in [-0.2, 0) is 12.8 Å². The number of benzene rings is 2. The van der Waals surface area contributed by atoms with Crippen molar-refractivity contribution in [2.45, 2.75) is 25.8 Å². The van der Waals surface area contributed by atoms with Crippen LogP contribution in [0, 0.1) is 0 Å². The first kappa shape index (κ1) is 19.9. The van der Waals surface area contributed by atoms with Gasteiger partial charge in [-0.2, -0.15) is 0 Å². The molecular weight excluding hydrogens is 382 g/mol. The zero-order valence-electron chi connectivity index (χ0n) is 17.3. The van der Waals surface area contributed by atoms with E-state index in [-0.39, 0.29) is 11.5 Å². The van der Waals surface area contributed by atoms with Crippen molar-refractivity contribution in [3.8, 4) is 11.5 Å². The quantitative estimate of drug-likeness (QED) is 0.454. The van der Waals surface area contributed by atoms with Crippen LogP contribution in [0.4, 0.5) is 0 Å². The van der Waals surface area contributed by atoms with Gasteiger partial charge >= 0.3 is 0 Å². The molecule has 0 saturated heterocycles. The van der Waals surface area contributed by atoms with E-state index in [1.54, 1.807) is 10.7 Å². The molecule has 30 heavy (non-hydrogen) atoms. The van der Waals surface area contributed by atoms with Gasteiger partial charge in [-0.25, -0.2) is 9.67 Å². The lowest BCUT2D eigenvalue weighted by Crippen LogP contribution is -2.15. The van der Waals surface area contributed by atoms with Crippen molar-refractivity contribution in [1.29, 1.82) is 0 Å². The summed E-state index contributed by atoms with van der Waals surface area (Å²) in [5, 5.41) is 28.4. The molecule has 0 aliphatic carbocycles. The number of nitrogens with zero attached hydrogens (tertiary/aromatic N) is 5. The Morgan fingerprint density at radius 2 is 1.93 bits per heavy atom. The number of oxazole rings is 1. The topological polar surface area (TPSA) is 100 Å². The number of rotatable bonds is 7. The maximum atomic E-state index is 10.0. The molecule has 0 amide bonds. The molecule has 4 rings (SSSR count). The second kappa shape index (κ2) is 8.16. The third kappa shape index (κ3) is 3.99. The molecule has 1 unspecified atom stereocenters. The molecule has 0 aliphatic heterocycles. The zero-order valence-corrected chi connectivity index (χ0v) is 17.3. The van der Waals surface area contributed by atoms with Crippen LogP contribution in [0.3, 0.4) is 0 Å². The van der Waals surface area contributed by atoms with Gasteiger partial charge in [0.05, 0.1) is 5.69 Å². The number of phenols is 2. The van der Waals surface area contributed by atoms with Crippen molar-refractivity contribution < 1.29 is 14.6 Å². The predicted molar refractivity (Wildman–Crippen MR) is 113 cm³/mol. The number of aromatic nitrogens is 4. The number of fused-ring (bicyclic) bond motifs is 1. The van der Waals surface area contributed by atoms with Crippen molar-refractivity contribution in [2.75, 3.05) is 20.6 Å². The van der Waals surface area contributed by atoms with E-state index >= 15 is 0 Å². The Morgan fingerprint density at radius 3 is 2.67 bits per heavy atom. The number of aromatic hydroxyl groups is 2. The van der Waals surface area contributed by atoms with Gasteiger partial charge in [0.25, 0.3) is 0 Å². The molecule has 2 N–H and O–H groups in total. The molecule has 0 bridgehead atoms. The molecule has 156 valence electrons. The lowest BCUT2D eigenvalue weighted by Gasteiger charge is -2.14. The second-order valence-electron chi connectivity index (χ2n) is 7.60. The van der Waals surface area contributed by atoms with Crippen molar-refractivity contribution in [2.24, 2.45) is 0 Å². The Balaban J connectivity index is 1.79. The molecule has 2 heterocycles. The summed E-state index contributed by atoms with van der Waals surface area (Å²) >= 11 is 0. The highest BCUT2D eigenvalue weighted by Gasteiger charge is 2.25. The van der Waals surface area contributed by atoms with Gasteiger partial charge in [0.1, 0.15) is 5.52 Å². The van der Waals surface area contributed by atoms with Gasteiger partial charge in [-0.15, -0.1) is 5.10 Å². The molecule has 8 heteroatoms. The molecular formula is C22H25N5O3. The molecule has 2 aromatic heterocycles. The summed E-state index contributed by atoms with van der Waals surface area (Å²) in [7, 11) is 4.02. The third-order valence-electron chi connectivity index (χ3n) is 5.06.